The first-order chi connectivity index (χ1) is 9.65. The first-order valence-electron chi connectivity index (χ1n) is 7.26. The first-order valence-corrected chi connectivity index (χ1v) is 7.26. The predicted molar refractivity (Wildman–Crippen MR) is 74.3 cm³/mol. The fraction of sp³-hybridized carbons (Fsp3) is 0.643. The summed E-state index contributed by atoms with van der Waals surface area (Å²) in [6.45, 7) is 3.91. The van der Waals surface area contributed by atoms with E-state index in [1.54, 1.807) is 6.20 Å². The molecule has 3 rings (SSSR count). The number of nitrogens with one attached hydrogen (secondary N) is 1. The van der Waals surface area contributed by atoms with E-state index in [0.29, 0.717) is 24.6 Å². The monoisotopic (exact) mass is 276 g/mol. The minimum atomic E-state index is -0.112. The van der Waals surface area contributed by atoms with Crippen LogP contribution in [0.3, 0.4) is 0 Å². The number of hydrogen-bond donors (Lipinski definition) is 1. The molecular weight excluding hydrogens is 256 g/mol. The van der Waals surface area contributed by atoms with Crippen molar-refractivity contribution in [3.8, 4) is 0 Å². The van der Waals surface area contributed by atoms with E-state index in [9.17, 15) is 9.59 Å². The van der Waals surface area contributed by atoms with E-state index in [-0.39, 0.29) is 17.7 Å². The number of carbonyl (C=O) groups is 2. The Kier molecular flexibility index (Phi) is 3.56. The number of piperidine rings is 2. The molecule has 1 aromatic rings. The summed E-state index contributed by atoms with van der Waals surface area (Å²) in [5.74, 6) is -0.0806. The van der Waals surface area contributed by atoms with E-state index < -0.39 is 0 Å². The van der Waals surface area contributed by atoms with Crippen LogP contribution >= 0.6 is 0 Å². The summed E-state index contributed by atoms with van der Waals surface area (Å²) in [5.41, 5.74) is 0.616. The van der Waals surface area contributed by atoms with Gasteiger partial charge in [-0.2, -0.15) is 5.10 Å². The lowest BCUT2D eigenvalue weighted by atomic mass is 9.97. The second kappa shape index (κ2) is 5.36. The molecule has 0 saturated carbocycles. The molecule has 0 unspecified atom stereocenters. The average Bonchev–Trinajstić information content (AvgIpc) is 2.88. The van der Waals surface area contributed by atoms with E-state index in [2.05, 4.69) is 10.4 Å². The van der Waals surface area contributed by atoms with Gasteiger partial charge < -0.3 is 5.32 Å². The van der Waals surface area contributed by atoms with Crippen LogP contribution in [-0.4, -0.2) is 34.7 Å². The fourth-order valence-corrected chi connectivity index (χ4v) is 2.99. The van der Waals surface area contributed by atoms with Crippen molar-refractivity contribution >= 4 is 17.5 Å². The minimum Gasteiger partial charge on any atom is -0.317 e. The molecule has 0 atom stereocenters. The largest absolute Gasteiger partial charge is 0.317 e. The van der Waals surface area contributed by atoms with Gasteiger partial charge in [-0.25, -0.2) is 4.90 Å². The molecule has 2 aliphatic rings. The molecular formula is C14H20N4O2. The van der Waals surface area contributed by atoms with Crippen molar-refractivity contribution in [1.29, 1.82) is 0 Å². The number of aromatic nitrogens is 2. The van der Waals surface area contributed by atoms with Crippen molar-refractivity contribution in [2.24, 2.45) is 5.92 Å². The molecule has 3 heterocycles. The van der Waals surface area contributed by atoms with Gasteiger partial charge in [-0.1, -0.05) is 6.92 Å². The zero-order chi connectivity index (χ0) is 14.1. The maximum atomic E-state index is 12.1. The molecule has 0 aromatic carbocycles. The fourth-order valence-electron chi connectivity index (χ4n) is 2.99. The number of rotatable bonds is 2. The maximum absolute atomic E-state index is 12.1. The number of hydrogen-bond acceptors (Lipinski definition) is 4. The third-order valence-corrected chi connectivity index (χ3v) is 4.07. The van der Waals surface area contributed by atoms with Crippen LogP contribution in [0.2, 0.25) is 0 Å². The van der Waals surface area contributed by atoms with E-state index in [4.69, 9.17) is 0 Å². The van der Waals surface area contributed by atoms with Crippen LogP contribution < -0.4 is 10.2 Å². The van der Waals surface area contributed by atoms with Gasteiger partial charge in [0.2, 0.25) is 11.8 Å². The van der Waals surface area contributed by atoms with Crippen molar-refractivity contribution in [2.75, 3.05) is 18.0 Å². The predicted octanol–water partition coefficient (Wildman–Crippen LogP) is 1.10. The second-order valence-electron chi connectivity index (χ2n) is 5.80. The molecule has 0 spiro atoms. The van der Waals surface area contributed by atoms with Crippen LogP contribution in [0.15, 0.2) is 12.4 Å². The highest BCUT2D eigenvalue weighted by Crippen LogP contribution is 2.26. The topological polar surface area (TPSA) is 67.2 Å². The Balaban J connectivity index is 1.78. The number of amides is 2. The Morgan fingerprint density at radius 1 is 1.20 bits per heavy atom. The SMILES string of the molecule is CC1CC(=O)N(c2cnn(C3CCNCC3)c2)C(=O)C1. The van der Waals surface area contributed by atoms with E-state index in [0.717, 1.165) is 25.9 Å². The van der Waals surface area contributed by atoms with Gasteiger partial charge in [0.1, 0.15) is 0 Å². The highest BCUT2D eigenvalue weighted by Gasteiger charge is 2.32. The Labute approximate surface area is 118 Å². The van der Waals surface area contributed by atoms with Gasteiger partial charge in [0, 0.05) is 19.0 Å². The molecule has 0 radical (unpaired) electrons. The zero-order valence-corrected chi connectivity index (χ0v) is 11.7. The van der Waals surface area contributed by atoms with E-state index >= 15 is 0 Å². The smallest absolute Gasteiger partial charge is 0.234 e. The number of imide groups is 1. The summed E-state index contributed by atoms with van der Waals surface area (Å²) < 4.78 is 1.90. The third-order valence-electron chi connectivity index (χ3n) is 4.07. The van der Waals surface area contributed by atoms with Gasteiger partial charge in [0.25, 0.3) is 0 Å². The molecule has 2 aliphatic heterocycles. The molecule has 2 fully saturated rings. The number of nitrogens with zero attached hydrogens (tertiary/aromatic N) is 3. The summed E-state index contributed by atoms with van der Waals surface area (Å²) in [7, 11) is 0. The van der Waals surface area contributed by atoms with Gasteiger partial charge in [0.15, 0.2) is 0 Å². The number of anilines is 1. The first kappa shape index (κ1) is 13.3. The van der Waals surface area contributed by atoms with Crippen molar-refractivity contribution in [1.82, 2.24) is 15.1 Å². The van der Waals surface area contributed by atoms with Crippen LogP contribution in [0, 0.1) is 5.92 Å². The molecule has 0 aliphatic carbocycles. The van der Waals surface area contributed by atoms with Crippen molar-refractivity contribution in [3.63, 3.8) is 0 Å². The lowest BCUT2D eigenvalue weighted by Gasteiger charge is -2.27. The summed E-state index contributed by atoms with van der Waals surface area (Å²) in [6.07, 6.45) is 6.39. The Morgan fingerprint density at radius 2 is 1.85 bits per heavy atom. The molecule has 6 heteroatoms. The van der Waals surface area contributed by atoms with Crippen molar-refractivity contribution < 1.29 is 9.59 Å². The van der Waals surface area contributed by atoms with Gasteiger partial charge in [-0.3, -0.25) is 14.3 Å². The summed E-state index contributed by atoms with van der Waals surface area (Å²) >= 11 is 0. The van der Waals surface area contributed by atoms with Gasteiger partial charge in [-0.05, 0) is 31.8 Å². The minimum absolute atomic E-state index is 0.112. The van der Waals surface area contributed by atoms with E-state index in [1.807, 2.05) is 17.8 Å². The van der Waals surface area contributed by atoms with Crippen LogP contribution in [0.4, 0.5) is 5.69 Å². The Bertz CT molecular complexity index is 501. The molecule has 2 saturated heterocycles. The van der Waals surface area contributed by atoms with Gasteiger partial charge >= 0.3 is 0 Å². The Hall–Kier alpha value is -1.69. The summed E-state index contributed by atoms with van der Waals surface area (Å²) in [6, 6.07) is 0.360. The molecule has 1 aromatic heterocycles. The zero-order valence-electron chi connectivity index (χ0n) is 11.7. The standard InChI is InChI=1S/C14H20N4O2/c1-10-6-13(19)18(14(20)7-10)12-8-16-17(9-12)11-2-4-15-5-3-11/h8-11,15H,2-7H2,1H3. The molecule has 108 valence electrons. The third kappa shape index (κ3) is 2.47. The Morgan fingerprint density at radius 3 is 2.50 bits per heavy atom. The lowest BCUT2D eigenvalue weighted by molar-refractivity contribution is -0.130. The lowest BCUT2D eigenvalue weighted by Crippen LogP contribution is -2.42. The van der Waals surface area contributed by atoms with Crippen LogP contribution in [0.1, 0.15) is 38.6 Å². The van der Waals surface area contributed by atoms with Crippen molar-refractivity contribution in [3.05, 3.63) is 12.4 Å². The average molecular weight is 276 g/mol. The summed E-state index contributed by atoms with van der Waals surface area (Å²) in [4.78, 5) is 25.4. The van der Waals surface area contributed by atoms with Crippen LogP contribution in [0.25, 0.3) is 0 Å². The molecule has 20 heavy (non-hydrogen) atoms. The second-order valence-corrected chi connectivity index (χ2v) is 5.80. The highest BCUT2D eigenvalue weighted by molar-refractivity contribution is 6.16. The molecule has 2 amide bonds. The van der Waals surface area contributed by atoms with Crippen LogP contribution in [-0.2, 0) is 9.59 Å². The van der Waals surface area contributed by atoms with Gasteiger partial charge in [0.05, 0.1) is 17.9 Å². The summed E-state index contributed by atoms with van der Waals surface area (Å²) in [5, 5.41) is 7.66. The van der Waals surface area contributed by atoms with E-state index in [1.165, 1.54) is 4.90 Å². The molecule has 6 nitrogen and oxygen atoms in total. The maximum Gasteiger partial charge on any atom is 0.234 e. The number of carbonyl (C=O) groups excluding carboxylic acids is 2. The highest BCUT2D eigenvalue weighted by atomic mass is 16.2. The molecule has 1 N–H and O–H groups in total. The van der Waals surface area contributed by atoms with Crippen LogP contribution in [0.5, 0.6) is 0 Å². The van der Waals surface area contributed by atoms with Gasteiger partial charge in [-0.15, -0.1) is 0 Å². The molecule has 0 bridgehead atoms. The van der Waals surface area contributed by atoms with Crippen molar-refractivity contribution in [2.45, 2.75) is 38.6 Å². The quantitative estimate of drug-likeness (QED) is 0.821. The normalized spacial score (nSPS) is 22.6.